The molecule has 1 aliphatic rings. The van der Waals surface area contributed by atoms with Gasteiger partial charge in [0.25, 0.3) is 0 Å². The molecule has 0 amide bonds. The Bertz CT molecular complexity index is 500. The van der Waals surface area contributed by atoms with Gasteiger partial charge in [0.05, 0.1) is 0 Å². The molecule has 3 nitrogen and oxygen atoms in total. The molecule has 0 saturated carbocycles. The Balaban J connectivity index is 1.91. The summed E-state index contributed by atoms with van der Waals surface area (Å²) in [6.07, 6.45) is 8.83. The van der Waals surface area contributed by atoms with Gasteiger partial charge < -0.3 is 0 Å². The zero-order chi connectivity index (χ0) is 12.8. The summed E-state index contributed by atoms with van der Waals surface area (Å²) < 4.78 is 0. The van der Waals surface area contributed by atoms with E-state index in [4.69, 9.17) is 0 Å². The number of benzene rings is 1. The van der Waals surface area contributed by atoms with Crippen molar-refractivity contribution in [1.82, 2.24) is 5.06 Å². The first-order valence-corrected chi connectivity index (χ1v) is 5.86. The molecule has 0 aromatic heterocycles. The molecule has 0 saturated heterocycles. The second-order valence-electron chi connectivity index (χ2n) is 4.07. The van der Waals surface area contributed by atoms with Gasteiger partial charge in [-0.15, -0.1) is 0 Å². The first kappa shape index (κ1) is 12.3. The smallest absolute Gasteiger partial charge is 0.187 e. The van der Waals surface area contributed by atoms with E-state index in [-0.39, 0.29) is 5.78 Å². The summed E-state index contributed by atoms with van der Waals surface area (Å²) in [5, 5.41) is 10.8. The summed E-state index contributed by atoms with van der Waals surface area (Å²) in [4.78, 5) is 11.5. The fraction of sp³-hybridized carbons (Fsp3) is 0.133. The van der Waals surface area contributed by atoms with Crippen LogP contribution in [-0.4, -0.2) is 22.6 Å². The molecule has 3 heteroatoms. The van der Waals surface area contributed by atoms with Crippen molar-refractivity contribution in [1.29, 1.82) is 0 Å². The predicted octanol–water partition coefficient (Wildman–Crippen LogP) is 2.50. The minimum Gasteiger partial charge on any atom is -0.289 e. The SMILES string of the molecule is O=C1C=CC=C/C1=C\N(O)CCc1ccccc1. The largest absolute Gasteiger partial charge is 0.289 e. The highest BCUT2D eigenvalue weighted by Gasteiger charge is 2.07. The van der Waals surface area contributed by atoms with E-state index >= 15 is 0 Å². The molecule has 0 unspecified atom stereocenters. The summed E-state index contributed by atoms with van der Waals surface area (Å²) in [5.74, 6) is -0.0868. The molecule has 1 aromatic carbocycles. The molecule has 0 atom stereocenters. The lowest BCUT2D eigenvalue weighted by Gasteiger charge is -2.13. The maximum absolute atomic E-state index is 11.5. The van der Waals surface area contributed by atoms with Crippen molar-refractivity contribution in [3.05, 3.63) is 72.0 Å². The highest BCUT2D eigenvalue weighted by molar-refractivity contribution is 6.07. The van der Waals surface area contributed by atoms with E-state index in [1.807, 2.05) is 30.3 Å². The molecule has 0 spiro atoms. The van der Waals surface area contributed by atoms with Crippen LogP contribution in [0.4, 0.5) is 0 Å². The fourth-order valence-electron chi connectivity index (χ4n) is 1.70. The Morgan fingerprint density at radius 3 is 2.56 bits per heavy atom. The van der Waals surface area contributed by atoms with Crippen molar-refractivity contribution < 1.29 is 10.0 Å². The van der Waals surface area contributed by atoms with Crippen LogP contribution < -0.4 is 0 Å². The van der Waals surface area contributed by atoms with Crippen molar-refractivity contribution in [2.45, 2.75) is 6.42 Å². The molecule has 2 rings (SSSR count). The van der Waals surface area contributed by atoms with Crippen LogP contribution in [0.15, 0.2) is 66.4 Å². The summed E-state index contributed by atoms with van der Waals surface area (Å²) in [6.45, 7) is 0.457. The van der Waals surface area contributed by atoms with Crippen LogP contribution in [-0.2, 0) is 11.2 Å². The van der Waals surface area contributed by atoms with E-state index in [0.717, 1.165) is 17.0 Å². The molecular formula is C15H15NO2. The van der Waals surface area contributed by atoms with Crippen LogP contribution in [0.25, 0.3) is 0 Å². The van der Waals surface area contributed by atoms with Crippen molar-refractivity contribution in [2.24, 2.45) is 0 Å². The van der Waals surface area contributed by atoms with Gasteiger partial charge in [-0.2, -0.15) is 0 Å². The third-order valence-electron chi connectivity index (χ3n) is 2.68. The second kappa shape index (κ2) is 5.98. The maximum Gasteiger partial charge on any atom is 0.187 e. The molecule has 0 radical (unpaired) electrons. The van der Waals surface area contributed by atoms with E-state index < -0.39 is 0 Å². The van der Waals surface area contributed by atoms with E-state index in [1.165, 1.54) is 12.3 Å². The first-order chi connectivity index (χ1) is 8.75. The molecule has 0 heterocycles. The number of carbonyl (C=O) groups is 1. The lowest BCUT2D eigenvalue weighted by molar-refractivity contribution is -0.111. The maximum atomic E-state index is 11.5. The number of ketones is 1. The number of hydrogen-bond acceptors (Lipinski definition) is 3. The standard InChI is InChI=1S/C15H15NO2/c17-15-9-5-4-8-14(15)12-16(18)11-10-13-6-2-1-3-7-13/h1-9,12,18H,10-11H2/b14-12+. The minimum atomic E-state index is -0.0868. The van der Waals surface area contributed by atoms with E-state index in [9.17, 15) is 10.0 Å². The Morgan fingerprint density at radius 2 is 1.83 bits per heavy atom. The number of hydroxylamine groups is 2. The van der Waals surface area contributed by atoms with Crippen LogP contribution in [0.1, 0.15) is 5.56 Å². The Morgan fingerprint density at radius 1 is 1.11 bits per heavy atom. The Labute approximate surface area is 106 Å². The first-order valence-electron chi connectivity index (χ1n) is 5.86. The zero-order valence-electron chi connectivity index (χ0n) is 9.99. The summed E-state index contributed by atoms with van der Waals surface area (Å²) >= 11 is 0. The van der Waals surface area contributed by atoms with Gasteiger partial charge in [-0.1, -0.05) is 42.5 Å². The molecule has 1 aliphatic carbocycles. The van der Waals surface area contributed by atoms with Gasteiger partial charge in [-0.25, -0.2) is 0 Å². The molecule has 92 valence electrons. The van der Waals surface area contributed by atoms with Crippen LogP contribution >= 0.6 is 0 Å². The molecule has 0 fully saturated rings. The van der Waals surface area contributed by atoms with Gasteiger partial charge in [0.1, 0.15) is 0 Å². The average Bonchev–Trinajstić information content (AvgIpc) is 2.40. The third kappa shape index (κ3) is 3.43. The van der Waals surface area contributed by atoms with E-state index in [0.29, 0.717) is 12.1 Å². The molecule has 0 bridgehead atoms. The van der Waals surface area contributed by atoms with Gasteiger partial charge in [-0.3, -0.25) is 15.1 Å². The van der Waals surface area contributed by atoms with Crippen molar-refractivity contribution in [3.63, 3.8) is 0 Å². The zero-order valence-corrected chi connectivity index (χ0v) is 9.99. The number of nitrogens with zero attached hydrogens (tertiary/aromatic N) is 1. The van der Waals surface area contributed by atoms with Crippen LogP contribution in [0.3, 0.4) is 0 Å². The molecular weight excluding hydrogens is 226 g/mol. The normalized spacial score (nSPS) is 16.3. The van der Waals surface area contributed by atoms with Gasteiger partial charge in [0.15, 0.2) is 5.78 Å². The number of rotatable bonds is 4. The van der Waals surface area contributed by atoms with Gasteiger partial charge in [0.2, 0.25) is 0 Å². The molecule has 18 heavy (non-hydrogen) atoms. The minimum absolute atomic E-state index is 0.0868. The van der Waals surface area contributed by atoms with Gasteiger partial charge in [0, 0.05) is 18.3 Å². The molecule has 0 aliphatic heterocycles. The van der Waals surface area contributed by atoms with Gasteiger partial charge in [-0.05, 0) is 24.1 Å². The van der Waals surface area contributed by atoms with Crippen molar-refractivity contribution in [2.75, 3.05) is 6.54 Å². The Kier molecular flexibility index (Phi) is 4.10. The monoisotopic (exact) mass is 241 g/mol. The number of carbonyl (C=O) groups excluding carboxylic acids is 1. The Hall–Kier alpha value is -2.13. The summed E-state index contributed by atoms with van der Waals surface area (Å²) in [7, 11) is 0. The molecule has 1 N–H and O–H groups in total. The number of hydrogen-bond donors (Lipinski definition) is 1. The predicted molar refractivity (Wildman–Crippen MR) is 70.0 cm³/mol. The molecule has 1 aromatic rings. The van der Waals surface area contributed by atoms with Crippen LogP contribution in [0.5, 0.6) is 0 Å². The fourth-order valence-corrected chi connectivity index (χ4v) is 1.70. The van der Waals surface area contributed by atoms with E-state index in [2.05, 4.69) is 0 Å². The highest BCUT2D eigenvalue weighted by atomic mass is 16.5. The average molecular weight is 241 g/mol. The topological polar surface area (TPSA) is 40.5 Å². The van der Waals surface area contributed by atoms with Crippen LogP contribution in [0, 0.1) is 0 Å². The number of allylic oxidation sites excluding steroid dienone is 5. The highest BCUT2D eigenvalue weighted by Crippen LogP contribution is 2.08. The van der Waals surface area contributed by atoms with Crippen molar-refractivity contribution >= 4 is 5.78 Å². The van der Waals surface area contributed by atoms with E-state index in [1.54, 1.807) is 18.2 Å². The van der Waals surface area contributed by atoms with Crippen molar-refractivity contribution in [3.8, 4) is 0 Å². The van der Waals surface area contributed by atoms with Crippen LogP contribution in [0.2, 0.25) is 0 Å². The van der Waals surface area contributed by atoms with Gasteiger partial charge >= 0.3 is 0 Å². The quantitative estimate of drug-likeness (QED) is 0.650. The lowest BCUT2D eigenvalue weighted by Crippen LogP contribution is -2.17. The second-order valence-corrected chi connectivity index (χ2v) is 4.07. The third-order valence-corrected chi connectivity index (χ3v) is 2.68. The summed E-state index contributed by atoms with van der Waals surface area (Å²) in [5.41, 5.74) is 1.65. The lowest BCUT2D eigenvalue weighted by atomic mass is 10.1. The summed E-state index contributed by atoms with van der Waals surface area (Å²) in [6, 6.07) is 9.91.